The molecule has 0 bridgehead atoms. The first-order valence-electron chi connectivity index (χ1n) is 8.17. The molecule has 1 aliphatic rings. The number of hydrogen-bond acceptors (Lipinski definition) is 3. The van der Waals surface area contributed by atoms with Crippen LogP contribution in [0, 0.1) is 6.92 Å². The minimum absolute atomic E-state index is 0.510. The van der Waals surface area contributed by atoms with Gasteiger partial charge in [-0.2, -0.15) is 0 Å². The normalized spacial score (nSPS) is 19.4. The fourth-order valence-electron chi connectivity index (χ4n) is 2.84. The molecule has 5 heteroatoms. The summed E-state index contributed by atoms with van der Waals surface area (Å²) in [4.78, 5) is 6.92. The Morgan fingerprint density at radius 1 is 1.45 bits per heavy atom. The van der Waals surface area contributed by atoms with Crippen molar-refractivity contribution in [1.82, 2.24) is 10.2 Å². The fourth-order valence-corrected chi connectivity index (χ4v) is 2.84. The van der Waals surface area contributed by atoms with Crippen molar-refractivity contribution in [2.24, 2.45) is 10.7 Å². The molecule has 122 valence electrons. The standard InChI is InChI=1S/C17H28N4O/c1-3-21-11-6-8-15(21)13-20-17(18)19-10-12-22-16-9-5-4-7-14(16)2/h4-5,7,9,15H,3,6,8,10-13H2,1-2H3,(H3,18,19,20). The predicted molar refractivity (Wildman–Crippen MR) is 91.4 cm³/mol. The number of guanidine groups is 1. The highest BCUT2D eigenvalue weighted by atomic mass is 16.5. The van der Waals surface area contributed by atoms with Gasteiger partial charge in [-0.3, -0.25) is 9.89 Å². The number of aryl methyl sites for hydroxylation is 1. The highest BCUT2D eigenvalue weighted by Gasteiger charge is 2.22. The maximum atomic E-state index is 5.91. The number of likely N-dealkylation sites (N-methyl/N-ethyl adjacent to an activating group) is 1. The van der Waals surface area contributed by atoms with Crippen molar-refractivity contribution in [3.8, 4) is 5.75 Å². The van der Waals surface area contributed by atoms with Crippen molar-refractivity contribution in [2.75, 3.05) is 32.8 Å². The number of ether oxygens (including phenoxy) is 1. The fraction of sp³-hybridized carbons (Fsp3) is 0.588. The quantitative estimate of drug-likeness (QED) is 0.458. The number of benzene rings is 1. The molecule has 1 aromatic rings. The average molecular weight is 304 g/mol. The number of likely N-dealkylation sites (tertiary alicyclic amines) is 1. The van der Waals surface area contributed by atoms with E-state index in [1.807, 2.05) is 31.2 Å². The first-order chi connectivity index (χ1) is 10.7. The zero-order valence-corrected chi connectivity index (χ0v) is 13.7. The third-order valence-corrected chi connectivity index (χ3v) is 4.14. The van der Waals surface area contributed by atoms with Crippen LogP contribution < -0.4 is 15.8 Å². The highest BCUT2D eigenvalue weighted by Crippen LogP contribution is 2.16. The minimum atomic E-state index is 0.510. The zero-order chi connectivity index (χ0) is 15.8. The van der Waals surface area contributed by atoms with E-state index in [4.69, 9.17) is 10.5 Å². The Bertz CT molecular complexity index is 489. The van der Waals surface area contributed by atoms with Crippen molar-refractivity contribution >= 4 is 5.96 Å². The van der Waals surface area contributed by atoms with Crippen LogP contribution in [0.25, 0.3) is 0 Å². The molecule has 1 unspecified atom stereocenters. The summed E-state index contributed by atoms with van der Waals surface area (Å²) in [6.07, 6.45) is 2.49. The summed E-state index contributed by atoms with van der Waals surface area (Å²) in [7, 11) is 0. The lowest BCUT2D eigenvalue weighted by atomic mass is 10.2. The number of nitrogens with one attached hydrogen (secondary N) is 1. The molecule has 0 radical (unpaired) electrons. The molecule has 1 fully saturated rings. The van der Waals surface area contributed by atoms with Crippen LogP contribution in [0.15, 0.2) is 29.3 Å². The van der Waals surface area contributed by atoms with Crippen LogP contribution in [0.1, 0.15) is 25.3 Å². The van der Waals surface area contributed by atoms with Crippen LogP contribution in [0.4, 0.5) is 0 Å². The zero-order valence-electron chi connectivity index (χ0n) is 13.7. The SMILES string of the molecule is CCN1CCCC1CN=C(N)NCCOc1ccccc1C. The van der Waals surface area contributed by atoms with Crippen molar-refractivity contribution in [3.05, 3.63) is 29.8 Å². The number of nitrogens with two attached hydrogens (primary N) is 1. The summed E-state index contributed by atoms with van der Waals surface area (Å²) in [5.74, 6) is 1.43. The first-order valence-corrected chi connectivity index (χ1v) is 8.17. The summed E-state index contributed by atoms with van der Waals surface area (Å²) < 4.78 is 5.72. The van der Waals surface area contributed by atoms with Crippen LogP contribution in [0.2, 0.25) is 0 Å². The molecule has 3 N–H and O–H groups in total. The van der Waals surface area contributed by atoms with Gasteiger partial charge in [0.2, 0.25) is 0 Å². The summed E-state index contributed by atoms with van der Waals surface area (Å²) in [6, 6.07) is 8.56. The molecule has 1 aliphatic heterocycles. The van der Waals surface area contributed by atoms with Crippen molar-refractivity contribution in [1.29, 1.82) is 0 Å². The average Bonchev–Trinajstić information content (AvgIpc) is 2.98. The van der Waals surface area contributed by atoms with Gasteiger partial charge in [0, 0.05) is 6.04 Å². The summed E-state index contributed by atoms with van der Waals surface area (Å²) in [5, 5.41) is 3.11. The van der Waals surface area contributed by atoms with E-state index in [9.17, 15) is 0 Å². The monoisotopic (exact) mass is 304 g/mol. The summed E-state index contributed by atoms with van der Waals surface area (Å²) in [6.45, 7) is 8.54. The minimum Gasteiger partial charge on any atom is -0.491 e. The molecule has 0 spiro atoms. The number of hydrogen-bond donors (Lipinski definition) is 2. The van der Waals surface area contributed by atoms with Crippen molar-refractivity contribution < 1.29 is 4.74 Å². The second-order valence-electron chi connectivity index (χ2n) is 5.69. The van der Waals surface area contributed by atoms with Gasteiger partial charge in [-0.05, 0) is 44.5 Å². The van der Waals surface area contributed by atoms with Gasteiger partial charge >= 0.3 is 0 Å². The van der Waals surface area contributed by atoms with Crippen LogP contribution >= 0.6 is 0 Å². The number of nitrogens with zero attached hydrogens (tertiary/aromatic N) is 2. The Hall–Kier alpha value is -1.75. The molecule has 22 heavy (non-hydrogen) atoms. The number of para-hydroxylation sites is 1. The molecule has 0 amide bonds. The molecule has 0 aliphatic carbocycles. The lowest BCUT2D eigenvalue weighted by Gasteiger charge is -2.21. The van der Waals surface area contributed by atoms with Crippen molar-refractivity contribution in [3.63, 3.8) is 0 Å². The van der Waals surface area contributed by atoms with Crippen LogP contribution in [-0.4, -0.2) is 49.7 Å². The maximum absolute atomic E-state index is 5.91. The summed E-state index contributed by atoms with van der Waals surface area (Å²) in [5.41, 5.74) is 7.06. The van der Waals surface area contributed by atoms with Crippen molar-refractivity contribution in [2.45, 2.75) is 32.7 Å². The largest absolute Gasteiger partial charge is 0.491 e. The van der Waals surface area contributed by atoms with E-state index < -0.39 is 0 Å². The molecule has 0 saturated carbocycles. The van der Waals surface area contributed by atoms with Gasteiger partial charge in [0.15, 0.2) is 5.96 Å². The predicted octanol–water partition coefficient (Wildman–Crippen LogP) is 1.76. The lowest BCUT2D eigenvalue weighted by molar-refractivity contribution is 0.273. The molecule has 1 saturated heterocycles. The second-order valence-corrected chi connectivity index (χ2v) is 5.69. The Kier molecular flexibility index (Phi) is 6.52. The second kappa shape index (κ2) is 8.63. The van der Waals surface area contributed by atoms with Gasteiger partial charge in [-0.25, -0.2) is 0 Å². The van der Waals surface area contributed by atoms with E-state index in [1.165, 1.54) is 19.4 Å². The third kappa shape index (κ3) is 4.91. The van der Waals surface area contributed by atoms with Gasteiger partial charge in [0.25, 0.3) is 0 Å². The van der Waals surface area contributed by atoms with Gasteiger partial charge in [0.1, 0.15) is 12.4 Å². The van der Waals surface area contributed by atoms with Crippen LogP contribution in [0.5, 0.6) is 5.75 Å². The molecule has 0 aromatic heterocycles. The molecule has 2 rings (SSSR count). The van der Waals surface area contributed by atoms with Crippen LogP contribution in [-0.2, 0) is 0 Å². The third-order valence-electron chi connectivity index (χ3n) is 4.14. The van der Waals surface area contributed by atoms with Gasteiger partial charge in [-0.1, -0.05) is 25.1 Å². The van der Waals surface area contributed by atoms with E-state index in [2.05, 4.69) is 22.1 Å². The highest BCUT2D eigenvalue weighted by molar-refractivity contribution is 5.77. The van der Waals surface area contributed by atoms with Gasteiger partial charge < -0.3 is 15.8 Å². The Balaban J connectivity index is 1.66. The first kappa shape index (κ1) is 16.6. The number of rotatable bonds is 7. The molecule has 1 aromatic carbocycles. The molecular formula is C17H28N4O. The van der Waals surface area contributed by atoms with E-state index in [0.29, 0.717) is 25.2 Å². The summed E-state index contributed by atoms with van der Waals surface area (Å²) >= 11 is 0. The lowest BCUT2D eigenvalue weighted by Crippen LogP contribution is -2.37. The smallest absolute Gasteiger partial charge is 0.188 e. The van der Waals surface area contributed by atoms with E-state index in [1.54, 1.807) is 0 Å². The Morgan fingerprint density at radius 2 is 2.27 bits per heavy atom. The molecule has 5 nitrogen and oxygen atoms in total. The Morgan fingerprint density at radius 3 is 3.05 bits per heavy atom. The van der Waals surface area contributed by atoms with E-state index in [0.717, 1.165) is 24.4 Å². The Labute approximate surface area is 133 Å². The van der Waals surface area contributed by atoms with Gasteiger partial charge in [0.05, 0.1) is 13.1 Å². The molecule has 1 atom stereocenters. The van der Waals surface area contributed by atoms with Crippen LogP contribution in [0.3, 0.4) is 0 Å². The molecule has 1 heterocycles. The topological polar surface area (TPSA) is 62.9 Å². The van der Waals surface area contributed by atoms with E-state index in [-0.39, 0.29) is 0 Å². The van der Waals surface area contributed by atoms with E-state index >= 15 is 0 Å². The van der Waals surface area contributed by atoms with Gasteiger partial charge in [-0.15, -0.1) is 0 Å². The maximum Gasteiger partial charge on any atom is 0.188 e. The molecular weight excluding hydrogens is 276 g/mol. The number of aliphatic imine (C=N–C) groups is 1.